The van der Waals surface area contributed by atoms with E-state index in [1.165, 1.54) is 54.6 Å². The van der Waals surface area contributed by atoms with Crippen LogP contribution in [0.5, 0.6) is 0 Å². The number of amides is 1. The molecule has 0 radical (unpaired) electrons. The van der Waals surface area contributed by atoms with E-state index in [-0.39, 0.29) is 21.2 Å². The van der Waals surface area contributed by atoms with Crippen molar-refractivity contribution in [3.63, 3.8) is 0 Å². The molecule has 4 rings (SSSR count). The molecule has 9 nitrogen and oxygen atoms in total. The molecule has 1 amide bonds. The third kappa shape index (κ3) is 7.38. The number of sulfone groups is 1. The summed E-state index contributed by atoms with van der Waals surface area (Å²) in [6.07, 6.45) is 2.83. The summed E-state index contributed by atoms with van der Waals surface area (Å²) in [6.45, 7) is 5.52. The van der Waals surface area contributed by atoms with Gasteiger partial charge in [0.2, 0.25) is 0 Å². The standard InChI is InChI=1S/C28H28ClN3O6S2/c1-2-27(32-15-17-38-18-16-32)40(36,37)24-11-9-23(10-12-24)30-28(33)25-20-22(29)8-13-26(25)31-39(34,35)19-14-21-6-4-3-5-7-21/h2-14,19-20,27,31H,1,15-18H2,(H,30,33). The van der Waals surface area contributed by atoms with E-state index in [9.17, 15) is 21.6 Å². The summed E-state index contributed by atoms with van der Waals surface area (Å²) in [5.41, 5.74) is 1.01. The Morgan fingerprint density at radius 3 is 2.30 bits per heavy atom. The summed E-state index contributed by atoms with van der Waals surface area (Å²) < 4.78 is 59.6. The molecule has 1 unspecified atom stereocenters. The first-order chi connectivity index (χ1) is 19.1. The molecule has 0 spiro atoms. The number of carbonyl (C=O) groups is 1. The number of ether oxygens (including phenoxy) is 1. The molecule has 1 fully saturated rings. The fourth-order valence-electron chi connectivity index (χ4n) is 4.08. The van der Waals surface area contributed by atoms with E-state index in [2.05, 4.69) is 16.6 Å². The van der Waals surface area contributed by atoms with Crippen LogP contribution >= 0.6 is 11.6 Å². The number of anilines is 2. The van der Waals surface area contributed by atoms with Gasteiger partial charge in [-0.1, -0.05) is 48.0 Å². The summed E-state index contributed by atoms with van der Waals surface area (Å²) in [5.74, 6) is -0.639. The van der Waals surface area contributed by atoms with Gasteiger partial charge in [-0.3, -0.25) is 14.4 Å². The Kier molecular flexibility index (Phi) is 9.44. The fourth-order valence-corrected chi connectivity index (χ4v) is 6.79. The Morgan fingerprint density at radius 2 is 1.65 bits per heavy atom. The van der Waals surface area contributed by atoms with E-state index < -0.39 is 31.1 Å². The predicted octanol–water partition coefficient (Wildman–Crippen LogP) is 4.62. The molecular formula is C28H28ClN3O6S2. The third-order valence-electron chi connectivity index (χ3n) is 6.08. The van der Waals surface area contributed by atoms with Gasteiger partial charge in [-0.05, 0) is 54.1 Å². The number of nitrogens with zero attached hydrogens (tertiary/aromatic N) is 1. The number of hydrogen-bond donors (Lipinski definition) is 2. The van der Waals surface area contributed by atoms with E-state index in [0.717, 1.165) is 5.41 Å². The van der Waals surface area contributed by atoms with E-state index >= 15 is 0 Å². The van der Waals surface area contributed by atoms with Crippen molar-refractivity contribution in [3.8, 4) is 0 Å². The number of sulfonamides is 1. The molecule has 12 heteroatoms. The van der Waals surface area contributed by atoms with Crippen molar-refractivity contribution in [1.82, 2.24) is 4.90 Å². The second kappa shape index (κ2) is 12.8. The van der Waals surface area contributed by atoms with Gasteiger partial charge < -0.3 is 10.1 Å². The van der Waals surface area contributed by atoms with E-state index in [4.69, 9.17) is 16.3 Å². The maximum Gasteiger partial charge on any atom is 0.257 e. The Bertz CT molecular complexity index is 1600. The molecule has 0 saturated carbocycles. The average molecular weight is 602 g/mol. The summed E-state index contributed by atoms with van der Waals surface area (Å²) in [4.78, 5) is 15.0. The van der Waals surface area contributed by atoms with E-state index in [1.807, 2.05) is 6.07 Å². The maximum absolute atomic E-state index is 13.3. The molecule has 0 bridgehead atoms. The maximum atomic E-state index is 13.3. The molecule has 3 aromatic rings. The molecule has 210 valence electrons. The zero-order chi connectivity index (χ0) is 28.8. The van der Waals surface area contributed by atoms with Gasteiger partial charge in [-0.25, -0.2) is 16.8 Å². The number of rotatable bonds is 10. The van der Waals surface area contributed by atoms with Gasteiger partial charge in [0.1, 0.15) is 5.37 Å². The quantitative estimate of drug-likeness (QED) is 0.325. The molecule has 3 aromatic carbocycles. The minimum atomic E-state index is -3.96. The van der Waals surface area contributed by atoms with Crippen LogP contribution in [0.1, 0.15) is 15.9 Å². The zero-order valence-electron chi connectivity index (χ0n) is 21.4. The second-order valence-corrected chi connectivity index (χ2v) is 12.9. The van der Waals surface area contributed by atoms with Gasteiger partial charge in [-0.15, -0.1) is 6.58 Å². The fraction of sp³-hybridized carbons (Fsp3) is 0.179. The molecule has 1 aliphatic heterocycles. The summed E-state index contributed by atoms with van der Waals surface area (Å²) in [6, 6.07) is 18.8. The molecule has 1 heterocycles. The van der Waals surface area contributed by atoms with Crippen molar-refractivity contribution in [1.29, 1.82) is 0 Å². The number of benzene rings is 3. The van der Waals surface area contributed by atoms with Crippen molar-refractivity contribution in [2.24, 2.45) is 0 Å². The Hall–Kier alpha value is -3.48. The van der Waals surface area contributed by atoms with Gasteiger partial charge in [0, 0.05) is 23.8 Å². The van der Waals surface area contributed by atoms with Gasteiger partial charge in [0.25, 0.3) is 15.9 Å². The van der Waals surface area contributed by atoms with Crippen LogP contribution in [-0.4, -0.2) is 59.3 Å². The van der Waals surface area contributed by atoms with Gasteiger partial charge in [-0.2, -0.15) is 0 Å². The van der Waals surface area contributed by atoms with Gasteiger partial charge >= 0.3 is 0 Å². The molecule has 40 heavy (non-hydrogen) atoms. The first-order valence-corrected chi connectivity index (χ1v) is 15.7. The van der Waals surface area contributed by atoms with Crippen molar-refractivity contribution < 1.29 is 26.4 Å². The molecule has 2 N–H and O–H groups in total. The van der Waals surface area contributed by atoms with Crippen molar-refractivity contribution >= 4 is 54.8 Å². The number of carbonyl (C=O) groups excluding carboxylic acids is 1. The summed E-state index contributed by atoms with van der Waals surface area (Å²) >= 11 is 6.10. The van der Waals surface area contributed by atoms with Crippen LogP contribution in [0.4, 0.5) is 11.4 Å². The summed E-state index contributed by atoms with van der Waals surface area (Å²) in [5, 5.41) is 2.99. The SMILES string of the molecule is C=CC(N1CCOCC1)S(=O)(=O)c1ccc(NC(=O)c2cc(Cl)ccc2NS(=O)(=O)C=Cc2ccccc2)cc1. The highest BCUT2D eigenvalue weighted by molar-refractivity contribution is 7.95. The van der Waals surface area contributed by atoms with Crippen LogP contribution in [0, 0.1) is 0 Å². The first kappa shape index (κ1) is 29.5. The molecule has 1 saturated heterocycles. The van der Waals surface area contributed by atoms with Crippen LogP contribution < -0.4 is 10.0 Å². The molecule has 1 atom stereocenters. The normalized spacial score (nSPS) is 15.4. The minimum Gasteiger partial charge on any atom is -0.379 e. The van der Waals surface area contributed by atoms with E-state index in [1.54, 1.807) is 29.2 Å². The van der Waals surface area contributed by atoms with Crippen LogP contribution in [-0.2, 0) is 24.6 Å². The smallest absolute Gasteiger partial charge is 0.257 e. The van der Waals surface area contributed by atoms with Gasteiger partial charge in [0.15, 0.2) is 9.84 Å². The van der Waals surface area contributed by atoms with Crippen molar-refractivity contribution in [2.45, 2.75) is 10.3 Å². The Morgan fingerprint density at radius 1 is 0.975 bits per heavy atom. The third-order valence-corrected chi connectivity index (χ3v) is 9.37. The Balaban J connectivity index is 1.50. The minimum absolute atomic E-state index is 0.0140. The topological polar surface area (TPSA) is 122 Å². The number of halogens is 1. The summed E-state index contributed by atoms with van der Waals surface area (Å²) in [7, 11) is -7.72. The van der Waals surface area contributed by atoms with Crippen LogP contribution in [0.2, 0.25) is 5.02 Å². The Labute approximate surface area is 239 Å². The lowest BCUT2D eigenvalue weighted by Gasteiger charge is -2.32. The highest BCUT2D eigenvalue weighted by Crippen LogP contribution is 2.26. The van der Waals surface area contributed by atoms with Crippen LogP contribution in [0.3, 0.4) is 0 Å². The predicted molar refractivity (Wildman–Crippen MR) is 157 cm³/mol. The highest BCUT2D eigenvalue weighted by Gasteiger charge is 2.31. The van der Waals surface area contributed by atoms with Gasteiger partial charge in [0.05, 0.1) is 34.8 Å². The molecule has 0 aliphatic carbocycles. The highest BCUT2D eigenvalue weighted by atomic mass is 35.5. The lowest BCUT2D eigenvalue weighted by atomic mass is 10.1. The zero-order valence-corrected chi connectivity index (χ0v) is 23.8. The van der Waals surface area contributed by atoms with Crippen LogP contribution in [0.15, 0.2) is 95.8 Å². The van der Waals surface area contributed by atoms with Crippen molar-refractivity contribution in [3.05, 3.63) is 107 Å². The molecule has 0 aromatic heterocycles. The lowest BCUT2D eigenvalue weighted by Crippen LogP contribution is -2.46. The number of morpholine rings is 1. The average Bonchev–Trinajstić information content (AvgIpc) is 2.94. The first-order valence-electron chi connectivity index (χ1n) is 12.2. The largest absolute Gasteiger partial charge is 0.379 e. The second-order valence-electron chi connectivity index (χ2n) is 8.85. The molecular weight excluding hydrogens is 574 g/mol. The molecule has 1 aliphatic rings. The number of nitrogens with one attached hydrogen (secondary N) is 2. The van der Waals surface area contributed by atoms with Crippen LogP contribution in [0.25, 0.3) is 6.08 Å². The lowest BCUT2D eigenvalue weighted by molar-refractivity contribution is 0.0374. The number of hydrogen-bond acceptors (Lipinski definition) is 7. The monoisotopic (exact) mass is 601 g/mol. The van der Waals surface area contributed by atoms with E-state index in [0.29, 0.717) is 37.6 Å². The van der Waals surface area contributed by atoms with Crippen molar-refractivity contribution in [2.75, 3.05) is 36.3 Å².